The summed E-state index contributed by atoms with van der Waals surface area (Å²) in [5, 5.41) is 12.7. The Morgan fingerprint density at radius 2 is 1.83 bits per heavy atom. The van der Waals surface area contributed by atoms with Crippen molar-refractivity contribution < 1.29 is 22.9 Å². The molecule has 1 aromatic carbocycles. The van der Waals surface area contributed by atoms with Crippen molar-refractivity contribution in [1.82, 2.24) is 5.32 Å². The van der Waals surface area contributed by atoms with Gasteiger partial charge in [-0.15, -0.1) is 0 Å². The molecule has 24 heavy (non-hydrogen) atoms. The maximum atomic E-state index is 11.4. The Balaban J connectivity index is 1.77. The van der Waals surface area contributed by atoms with Gasteiger partial charge in [-0.25, -0.2) is 0 Å². The van der Waals surface area contributed by atoms with Gasteiger partial charge in [0.2, 0.25) is 0 Å². The average Bonchev–Trinajstić information content (AvgIpc) is 2.54. The van der Waals surface area contributed by atoms with Gasteiger partial charge >= 0.3 is 5.97 Å². The highest BCUT2D eigenvalue weighted by Gasteiger charge is 2.40. The van der Waals surface area contributed by atoms with Gasteiger partial charge < -0.3 is 10.4 Å². The van der Waals surface area contributed by atoms with Crippen LogP contribution in [0.1, 0.15) is 37.7 Å². The fourth-order valence-electron chi connectivity index (χ4n) is 4.25. The Hall–Kier alpha value is -1.44. The first-order valence-electron chi connectivity index (χ1n) is 8.40. The third kappa shape index (κ3) is 3.79. The highest BCUT2D eigenvalue weighted by Crippen LogP contribution is 2.39. The van der Waals surface area contributed by atoms with Crippen LogP contribution >= 0.6 is 0 Å². The van der Waals surface area contributed by atoms with Gasteiger partial charge in [-0.1, -0.05) is 31.4 Å². The zero-order chi connectivity index (χ0) is 17.3. The van der Waals surface area contributed by atoms with E-state index in [-0.39, 0.29) is 10.9 Å². The van der Waals surface area contributed by atoms with Crippen molar-refractivity contribution in [3.05, 3.63) is 29.8 Å². The van der Waals surface area contributed by atoms with E-state index in [1.807, 2.05) is 0 Å². The lowest BCUT2D eigenvalue weighted by Crippen LogP contribution is -2.56. The Kier molecular flexibility index (Phi) is 4.94. The van der Waals surface area contributed by atoms with Gasteiger partial charge in [0.05, 0.1) is 4.90 Å². The van der Waals surface area contributed by atoms with Crippen LogP contribution < -0.4 is 5.32 Å². The summed E-state index contributed by atoms with van der Waals surface area (Å²) in [5.74, 6) is 0.115. The number of rotatable bonds is 4. The molecular formula is C17H23NO5S. The van der Waals surface area contributed by atoms with Crippen molar-refractivity contribution in [2.75, 3.05) is 0 Å². The van der Waals surface area contributed by atoms with E-state index in [9.17, 15) is 18.3 Å². The number of carbonyl (C=O) groups is 1. The molecule has 3 rings (SSSR count). The Morgan fingerprint density at radius 3 is 2.46 bits per heavy atom. The monoisotopic (exact) mass is 353 g/mol. The zero-order valence-electron chi connectivity index (χ0n) is 13.4. The van der Waals surface area contributed by atoms with Crippen molar-refractivity contribution in [3.63, 3.8) is 0 Å². The minimum absolute atomic E-state index is 0.0849. The Labute approximate surface area is 142 Å². The Morgan fingerprint density at radius 1 is 1.17 bits per heavy atom. The molecule has 0 spiro atoms. The molecule has 3 N–H and O–H groups in total. The van der Waals surface area contributed by atoms with E-state index in [1.54, 1.807) is 12.1 Å². The quantitative estimate of drug-likeness (QED) is 0.716. The molecule has 1 saturated carbocycles. The van der Waals surface area contributed by atoms with Crippen LogP contribution in [0.15, 0.2) is 29.2 Å². The molecule has 4 unspecified atom stereocenters. The number of hydrogen-bond donors (Lipinski definition) is 3. The molecular weight excluding hydrogens is 330 g/mol. The van der Waals surface area contributed by atoms with Crippen LogP contribution in [-0.4, -0.2) is 36.1 Å². The van der Waals surface area contributed by atoms with Crippen LogP contribution in [0.2, 0.25) is 0 Å². The predicted octanol–water partition coefficient (Wildman–Crippen LogP) is 2.10. The summed E-state index contributed by atoms with van der Waals surface area (Å²) in [6.45, 7) is 0. The molecule has 0 amide bonds. The lowest BCUT2D eigenvalue weighted by Gasteiger charge is -2.44. The second-order valence-corrected chi connectivity index (χ2v) is 8.35. The summed E-state index contributed by atoms with van der Waals surface area (Å²) in [5.41, 5.74) is 0.940. The SMILES string of the molecule is O=C(O)C1CC2CCCCC2C(Cc2ccc(S(=O)(=O)O)cc2)N1. The van der Waals surface area contributed by atoms with Crippen molar-refractivity contribution in [3.8, 4) is 0 Å². The molecule has 1 aromatic rings. The summed E-state index contributed by atoms with van der Waals surface area (Å²) >= 11 is 0. The molecule has 1 saturated heterocycles. The normalized spacial score (nSPS) is 30.5. The number of carboxylic acid groups (broad SMARTS) is 1. The maximum Gasteiger partial charge on any atom is 0.320 e. The lowest BCUT2D eigenvalue weighted by molar-refractivity contribution is -0.141. The first-order valence-corrected chi connectivity index (χ1v) is 9.84. The molecule has 6 nitrogen and oxygen atoms in total. The van der Waals surface area contributed by atoms with Crippen LogP contribution in [0, 0.1) is 11.8 Å². The molecule has 132 valence electrons. The van der Waals surface area contributed by atoms with Crippen molar-refractivity contribution >= 4 is 16.1 Å². The molecule has 0 bridgehead atoms. The average molecular weight is 353 g/mol. The van der Waals surface area contributed by atoms with Crippen LogP contribution in [0.25, 0.3) is 0 Å². The highest BCUT2D eigenvalue weighted by atomic mass is 32.2. The third-order valence-electron chi connectivity index (χ3n) is 5.41. The van der Waals surface area contributed by atoms with E-state index < -0.39 is 22.1 Å². The summed E-state index contributed by atoms with van der Waals surface area (Å²) in [6.07, 6.45) is 5.91. The van der Waals surface area contributed by atoms with Crippen molar-refractivity contribution in [2.24, 2.45) is 11.8 Å². The largest absolute Gasteiger partial charge is 0.480 e. The minimum Gasteiger partial charge on any atom is -0.480 e. The van der Waals surface area contributed by atoms with Gasteiger partial charge in [0, 0.05) is 6.04 Å². The lowest BCUT2D eigenvalue weighted by atomic mass is 9.68. The zero-order valence-corrected chi connectivity index (χ0v) is 14.2. The second kappa shape index (κ2) is 6.82. The summed E-state index contributed by atoms with van der Waals surface area (Å²) < 4.78 is 31.3. The predicted molar refractivity (Wildman–Crippen MR) is 88.4 cm³/mol. The molecule has 1 aliphatic heterocycles. The minimum atomic E-state index is -4.19. The smallest absolute Gasteiger partial charge is 0.320 e. The number of aliphatic carboxylic acids is 1. The van der Waals surface area contributed by atoms with E-state index in [4.69, 9.17) is 4.55 Å². The molecule has 0 radical (unpaired) electrons. The first-order chi connectivity index (χ1) is 11.3. The number of nitrogens with one attached hydrogen (secondary N) is 1. The summed E-state index contributed by atoms with van der Waals surface area (Å²) in [7, 11) is -4.19. The van der Waals surface area contributed by atoms with Gasteiger partial charge in [0.15, 0.2) is 0 Å². The van der Waals surface area contributed by atoms with E-state index in [2.05, 4.69) is 5.32 Å². The summed E-state index contributed by atoms with van der Waals surface area (Å²) in [4.78, 5) is 11.3. The van der Waals surface area contributed by atoms with Crippen molar-refractivity contribution in [1.29, 1.82) is 0 Å². The molecule has 1 aliphatic carbocycles. The number of benzene rings is 1. The fourth-order valence-corrected chi connectivity index (χ4v) is 4.73. The van der Waals surface area contributed by atoms with E-state index in [0.717, 1.165) is 18.4 Å². The van der Waals surface area contributed by atoms with E-state index in [0.29, 0.717) is 24.7 Å². The highest BCUT2D eigenvalue weighted by molar-refractivity contribution is 7.85. The van der Waals surface area contributed by atoms with Crippen molar-refractivity contribution in [2.45, 2.75) is 55.5 Å². The van der Waals surface area contributed by atoms with Gasteiger partial charge in [0.25, 0.3) is 10.1 Å². The van der Waals surface area contributed by atoms with Crippen LogP contribution in [0.4, 0.5) is 0 Å². The maximum absolute atomic E-state index is 11.4. The molecule has 2 fully saturated rings. The Bertz CT molecular complexity index is 700. The number of carboxylic acids is 1. The third-order valence-corrected chi connectivity index (χ3v) is 6.28. The van der Waals surface area contributed by atoms with E-state index >= 15 is 0 Å². The van der Waals surface area contributed by atoms with Gasteiger partial charge in [-0.3, -0.25) is 9.35 Å². The van der Waals surface area contributed by atoms with Crippen LogP contribution in [0.5, 0.6) is 0 Å². The molecule has 1 heterocycles. The fraction of sp³-hybridized carbons (Fsp3) is 0.588. The molecule has 7 heteroatoms. The molecule has 4 atom stereocenters. The summed E-state index contributed by atoms with van der Waals surface area (Å²) in [6, 6.07) is 5.73. The second-order valence-electron chi connectivity index (χ2n) is 6.93. The first kappa shape index (κ1) is 17.4. The number of fused-ring (bicyclic) bond motifs is 1. The number of hydrogen-bond acceptors (Lipinski definition) is 4. The van der Waals surface area contributed by atoms with Crippen LogP contribution in [0.3, 0.4) is 0 Å². The number of piperidine rings is 1. The van der Waals surface area contributed by atoms with Gasteiger partial charge in [-0.2, -0.15) is 8.42 Å². The van der Waals surface area contributed by atoms with Gasteiger partial charge in [-0.05, 0) is 48.8 Å². The van der Waals surface area contributed by atoms with E-state index in [1.165, 1.54) is 25.0 Å². The molecule has 2 aliphatic rings. The van der Waals surface area contributed by atoms with Crippen LogP contribution in [-0.2, 0) is 21.3 Å². The van der Waals surface area contributed by atoms with Gasteiger partial charge in [0.1, 0.15) is 6.04 Å². The standard InChI is InChI=1S/C17H23NO5S/c19-17(20)16-10-12-3-1-2-4-14(12)15(18-16)9-11-5-7-13(8-6-11)24(21,22)23/h5-8,12,14-16,18H,1-4,9-10H2,(H,19,20)(H,21,22,23). The topological polar surface area (TPSA) is 104 Å². The molecule has 0 aromatic heterocycles.